The van der Waals surface area contributed by atoms with Crippen LogP contribution in [0, 0.1) is 0 Å². The summed E-state index contributed by atoms with van der Waals surface area (Å²) in [5.74, 6) is 0.145. The van der Waals surface area contributed by atoms with E-state index in [1.807, 2.05) is 0 Å². The molecule has 0 aliphatic heterocycles. The average Bonchev–Trinajstić information content (AvgIpc) is 2.61. The van der Waals surface area contributed by atoms with Crippen molar-refractivity contribution in [2.45, 2.75) is 13.5 Å². The predicted octanol–water partition coefficient (Wildman–Crippen LogP) is 3.85. The molecule has 2 N–H and O–H groups in total. The number of carbonyl (C=O) groups excluding carboxylic acids is 2. The van der Waals surface area contributed by atoms with Crippen molar-refractivity contribution in [2.24, 2.45) is 0 Å². The Morgan fingerprint density at radius 3 is 2.48 bits per heavy atom. The number of halogens is 1. The van der Waals surface area contributed by atoms with Gasteiger partial charge in [0.25, 0.3) is 0 Å². The van der Waals surface area contributed by atoms with Gasteiger partial charge in [0.05, 0.1) is 25.0 Å². The van der Waals surface area contributed by atoms with Crippen molar-refractivity contribution in [2.75, 3.05) is 19.0 Å². The predicted molar refractivity (Wildman–Crippen MR) is 96.3 cm³/mol. The van der Waals surface area contributed by atoms with Crippen LogP contribution >= 0.6 is 11.6 Å². The van der Waals surface area contributed by atoms with Crippen molar-refractivity contribution < 1.29 is 19.1 Å². The molecule has 0 saturated carbocycles. The van der Waals surface area contributed by atoms with Gasteiger partial charge in [-0.25, -0.2) is 9.59 Å². The Morgan fingerprint density at radius 1 is 1.12 bits per heavy atom. The third kappa shape index (κ3) is 5.39. The summed E-state index contributed by atoms with van der Waals surface area (Å²) >= 11 is 5.93. The molecule has 2 aromatic rings. The molecule has 25 heavy (non-hydrogen) atoms. The number of esters is 1. The Balaban J connectivity index is 1.92. The number of hydrogen-bond acceptors (Lipinski definition) is 4. The van der Waals surface area contributed by atoms with E-state index in [9.17, 15) is 9.59 Å². The zero-order valence-electron chi connectivity index (χ0n) is 14.0. The number of methoxy groups -OCH3 is 1. The smallest absolute Gasteiger partial charge is 0.338 e. The molecule has 0 atom stereocenters. The summed E-state index contributed by atoms with van der Waals surface area (Å²) in [6, 6.07) is 11.4. The fraction of sp³-hybridized carbons (Fsp3) is 0.222. The SMILES string of the molecule is CCOC(=O)c1ccc(CNC(=O)Nc2cc(Cl)ccc2OC)cc1. The van der Waals surface area contributed by atoms with Gasteiger partial charge in [-0.05, 0) is 42.8 Å². The van der Waals surface area contributed by atoms with Crippen molar-refractivity contribution >= 4 is 29.3 Å². The normalized spacial score (nSPS) is 10.0. The van der Waals surface area contributed by atoms with Gasteiger partial charge in [-0.15, -0.1) is 0 Å². The second kappa shape index (κ2) is 8.94. The van der Waals surface area contributed by atoms with E-state index in [2.05, 4.69) is 10.6 Å². The van der Waals surface area contributed by atoms with Crippen LogP contribution in [0.5, 0.6) is 5.75 Å². The molecule has 0 aromatic heterocycles. The highest BCUT2D eigenvalue weighted by Crippen LogP contribution is 2.27. The molecule has 132 valence electrons. The molecular weight excluding hydrogens is 344 g/mol. The number of benzene rings is 2. The first-order valence-corrected chi connectivity index (χ1v) is 8.05. The van der Waals surface area contributed by atoms with Gasteiger partial charge < -0.3 is 20.1 Å². The van der Waals surface area contributed by atoms with Crippen LogP contribution in [0.1, 0.15) is 22.8 Å². The second-order valence-corrected chi connectivity index (χ2v) is 5.51. The number of urea groups is 1. The van der Waals surface area contributed by atoms with E-state index in [-0.39, 0.29) is 5.97 Å². The summed E-state index contributed by atoms with van der Waals surface area (Å²) in [4.78, 5) is 23.6. The Kier molecular flexibility index (Phi) is 6.65. The van der Waals surface area contributed by atoms with E-state index < -0.39 is 6.03 Å². The van der Waals surface area contributed by atoms with Gasteiger partial charge in [-0.2, -0.15) is 0 Å². The summed E-state index contributed by atoms with van der Waals surface area (Å²) in [7, 11) is 1.51. The molecule has 0 saturated heterocycles. The Bertz CT molecular complexity index is 747. The van der Waals surface area contributed by atoms with Crippen molar-refractivity contribution in [1.82, 2.24) is 5.32 Å². The first kappa shape index (κ1) is 18.6. The quantitative estimate of drug-likeness (QED) is 0.765. The zero-order chi connectivity index (χ0) is 18.2. The standard InChI is InChI=1S/C18H19ClN2O4/c1-3-25-17(22)13-6-4-12(5-7-13)11-20-18(23)21-15-10-14(19)8-9-16(15)24-2/h4-10H,3,11H2,1-2H3,(H2,20,21,23). The molecule has 0 spiro atoms. The molecule has 0 unspecified atom stereocenters. The van der Waals surface area contributed by atoms with Crippen LogP contribution in [-0.4, -0.2) is 25.7 Å². The minimum absolute atomic E-state index is 0.303. The monoisotopic (exact) mass is 362 g/mol. The Hall–Kier alpha value is -2.73. The number of amides is 2. The Labute approximate surface area is 151 Å². The van der Waals surface area contributed by atoms with Crippen LogP contribution in [0.25, 0.3) is 0 Å². The van der Waals surface area contributed by atoms with Crippen LogP contribution in [-0.2, 0) is 11.3 Å². The number of ether oxygens (including phenoxy) is 2. The van der Waals surface area contributed by atoms with Crippen LogP contribution in [0.3, 0.4) is 0 Å². The molecule has 6 nitrogen and oxygen atoms in total. The van der Waals surface area contributed by atoms with E-state index in [1.54, 1.807) is 49.4 Å². The number of hydrogen-bond donors (Lipinski definition) is 2. The van der Waals surface area contributed by atoms with Crippen molar-refractivity contribution in [1.29, 1.82) is 0 Å². The van der Waals surface area contributed by atoms with E-state index in [0.29, 0.717) is 35.2 Å². The van der Waals surface area contributed by atoms with Crippen molar-refractivity contribution in [3.63, 3.8) is 0 Å². The number of nitrogens with one attached hydrogen (secondary N) is 2. The van der Waals surface area contributed by atoms with Gasteiger partial charge in [-0.1, -0.05) is 23.7 Å². The first-order chi connectivity index (χ1) is 12.0. The topological polar surface area (TPSA) is 76.7 Å². The molecule has 0 radical (unpaired) electrons. The van der Waals surface area contributed by atoms with Gasteiger partial charge in [-0.3, -0.25) is 0 Å². The van der Waals surface area contributed by atoms with Crippen molar-refractivity contribution in [3.05, 3.63) is 58.6 Å². The van der Waals surface area contributed by atoms with E-state index in [0.717, 1.165) is 5.56 Å². The summed E-state index contributed by atoms with van der Waals surface area (Å²) in [6.45, 7) is 2.39. The Morgan fingerprint density at radius 2 is 1.84 bits per heavy atom. The molecule has 2 rings (SSSR count). The van der Waals surface area contributed by atoms with E-state index in [4.69, 9.17) is 21.1 Å². The summed E-state index contributed by atoms with van der Waals surface area (Å²) in [5.41, 5.74) is 1.80. The van der Waals surface area contributed by atoms with Crippen LogP contribution < -0.4 is 15.4 Å². The van der Waals surface area contributed by atoms with Crippen molar-refractivity contribution in [3.8, 4) is 5.75 Å². The molecule has 7 heteroatoms. The third-order valence-corrected chi connectivity index (χ3v) is 3.56. The molecule has 0 aliphatic rings. The second-order valence-electron chi connectivity index (χ2n) is 5.07. The average molecular weight is 363 g/mol. The first-order valence-electron chi connectivity index (χ1n) is 7.68. The molecule has 0 aliphatic carbocycles. The fourth-order valence-electron chi connectivity index (χ4n) is 2.10. The highest BCUT2D eigenvalue weighted by molar-refractivity contribution is 6.31. The van der Waals surface area contributed by atoms with Gasteiger partial charge in [0.1, 0.15) is 5.75 Å². The summed E-state index contributed by atoms with van der Waals surface area (Å²) < 4.78 is 10.1. The maximum Gasteiger partial charge on any atom is 0.338 e. The zero-order valence-corrected chi connectivity index (χ0v) is 14.7. The van der Waals surface area contributed by atoms with Crippen LogP contribution in [0.2, 0.25) is 5.02 Å². The molecule has 0 fully saturated rings. The molecule has 0 bridgehead atoms. The molecular formula is C18H19ClN2O4. The highest BCUT2D eigenvalue weighted by atomic mass is 35.5. The van der Waals surface area contributed by atoms with Crippen LogP contribution in [0.4, 0.5) is 10.5 Å². The molecule has 2 aromatic carbocycles. The minimum Gasteiger partial charge on any atom is -0.495 e. The lowest BCUT2D eigenvalue weighted by atomic mass is 10.1. The van der Waals surface area contributed by atoms with Gasteiger partial charge in [0.2, 0.25) is 0 Å². The highest BCUT2D eigenvalue weighted by Gasteiger charge is 2.09. The van der Waals surface area contributed by atoms with E-state index >= 15 is 0 Å². The molecule has 0 heterocycles. The lowest BCUT2D eigenvalue weighted by molar-refractivity contribution is 0.0526. The fourth-order valence-corrected chi connectivity index (χ4v) is 2.27. The molecule has 2 amide bonds. The number of carbonyl (C=O) groups is 2. The van der Waals surface area contributed by atoms with Gasteiger partial charge in [0, 0.05) is 11.6 Å². The lowest BCUT2D eigenvalue weighted by Crippen LogP contribution is -2.28. The third-order valence-electron chi connectivity index (χ3n) is 3.33. The summed E-state index contributed by atoms with van der Waals surface area (Å²) in [5, 5.41) is 5.90. The number of rotatable bonds is 6. The van der Waals surface area contributed by atoms with E-state index in [1.165, 1.54) is 7.11 Å². The maximum absolute atomic E-state index is 12.0. The lowest BCUT2D eigenvalue weighted by Gasteiger charge is -2.11. The van der Waals surface area contributed by atoms with Gasteiger partial charge in [0.15, 0.2) is 0 Å². The maximum atomic E-state index is 12.0. The number of anilines is 1. The summed E-state index contributed by atoms with van der Waals surface area (Å²) in [6.07, 6.45) is 0. The van der Waals surface area contributed by atoms with Gasteiger partial charge >= 0.3 is 12.0 Å². The largest absolute Gasteiger partial charge is 0.495 e. The minimum atomic E-state index is -0.393. The van der Waals surface area contributed by atoms with Crippen LogP contribution in [0.15, 0.2) is 42.5 Å².